The number of benzene rings is 1. The van der Waals surface area contributed by atoms with Gasteiger partial charge < -0.3 is 14.8 Å². The molecule has 3 atom stereocenters. The number of nitrogens with one attached hydrogen (secondary N) is 1. The fraction of sp³-hybridized carbons (Fsp3) is 0.650. The van der Waals surface area contributed by atoms with E-state index in [9.17, 15) is 4.79 Å². The van der Waals surface area contributed by atoms with Crippen LogP contribution >= 0.6 is 0 Å². The van der Waals surface area contributed by atoms with Crippen molar-refractivity contribution in [1.29, 1.82) is 0 Å². The van der Waals surface area contributed by atoms with Crippen molar-refractivity contribution in [1.82, 2.24) is 10.2 Å². The fourth-order valence-corrected chi connectivity index (χ4v) is 2.92. The van der Waals surface area contributed by atoms with Gasteiger partial charge in [-0.05, 0) is 51.8 Å². The minimum Gasteiger partial charge on any atom is -0.497 e. The van der Waals surface area contributed by atoms with Crippen LogP contribution in [-0.2, 0) is 4.79 Å². The average Bonchev–Trinajstić information content (AvgIpc) is 2.63. The van der Waals surface area contributed by atoms with Gasteiger partial charge in [0.05, 0.1) is 26.8 Å². The number of carbonyl (C=O) groups excluding carboxylic acids is 1. The Kier molecular flexibility index (Phi) is 8.76. The summed E-state index contributed by atoms with van der Waals surface area (Å²) in [4.78, 5) is 14.9. The summed E-state index contributed by atoms with van der Waals surface area (Å²) in [7, 11) is 3.26. The Labute approximate surface area is 152 Å². The molecule has 0 spiro atoms. The normalized spacial score (nSPS) is 14.7. The second kappa shape index (κ2) is 10.3. The van der Waals surface area contributed by atoms with Crippen LogP contribution in [0.25, 0.3) is 0 Å². The van der Waals surface area contributed by atoms with Gasteiger partial charge in [-0.2, -0.15) is 0 Å². The molecule has 0 aliphatic carbocycles. The minimum atomic E-state index is -0.159. The first kappa shape index (κ1) is 21.3. The Balaban J connectivity index is 2.85. The zero-order chi connectivity index (χ0) is 19.0. The van der Waals surface area contributed by atoms with E-state index in [1.165, 1.54) is 0 Å². The van der Waals surface area contributed by atoms with Crippen LogP contribution in [0.3, 0.4) is 0 Å². The van der Waals surface area contributed by atoms with Gasteiger partial charge in [0.2, 0.25) is 5.91 Å². The van der Waals surface area contributed by atoms with Crippen LogP contribution in [0.2, 0.25) is 0 Å². The highest BCUT2D eigenvalue weighted by Gasteiger charge is 2.22. The van der Waals surface area contributed by atoms with Crippen molar-refractivity contribution in [3.05, 3.63) is 23.8 Å². The van der Waals surface area contributed by atoms with Gasteiger partial charge in [-0.15, -0.1) is 0 Å². The molecule has 142 valence electrons. The van der Waals surface area contributed by atoms with Crippen LogP contribution in [0.1, 0.15) is 59.1 Å². The first-order chi connectivity index (χ1) is 11.9. The summed E-state index contributed by atoms with van der Waals surface area (Å²) in [6.45, 7) is 11.0. The molecule has 1 amide bonds. The van der Waals surface area contributed by atoms with Crippen molar-refractivity contribution in [2.75, 3.05) is 20.8 Å². The number of ether oxygens (including phenoxy) is 2. The third-order valence-corrected chi connectivity index (χ3v) is 4.92. The predicted molar refractivity (Wildman–Crippen MR) is 102 cm³/mol. The molecule has 1 N–H and O–H groups in total. The van der Waals surface area contributed by atoms with Crippen molar-refractivity contribution in [3.63, 3.8) is 0 Å². The van der Waals surface area contributed by atoms with E-state index in [4.69, 9.17) is 9.47 Å². The van der Waals surface area contributed by atoms with Gasteiger partial charge >= 0.3 is 0 Å². The zero-order valence-corrected chi connectivity index (χ0v) is 16.8. The Morgan fingerprint density at radius 2 is 1.68 bits per heavy atom. The molecule has 5 heteroatoms. The zero-order valence-electron chi connectivity index (χ0n) is 16.8. The number of nitrogens with zero attached hydrogens (tertiary/aromatic N) is 1. The fourth-order valence-electron chi connectivity index (χ4n) is 2.92. The molecule has 0 aromatic heterocycles. The number of carbonyl (C=O) groups is 1. The molecule has 0 saturated carbocycles. The van der Waals surface area contributed by atoms with Crippen molar-refractivity contribution in [3.8, 4) is 11.5 Å². The van der Waals surface area contributed by atoms with Crippen LogP contribution in [0, 0.1) is 0 Å². The second-order valence-electron chi connectivity index (χ2n) is 6.58. The Morgan fingerprint density at radius 3 is 2.16 bits per heavy atom. The molecular formula is C20H34N2O3. The summed E-state index contributed by atoms with van der Waals surface area (Å²) in [5.41, 5.74) is 0.911. The maximum Gasteiger partial charge on any atom is 0.234 e. The summed E-state index contributed by atoms with van der Waals surface area (Å²) in [6.07, 6.45) is 2.05. The van der Waals surface area contributed by atoms with Gasteiger partial charge in [0, 0.05) is 17.6 Å². The summed E-state index contributed by atoms with van der Waals surface area (Å²) >= 11 is 0. The van der Waals surface area contributed by atoms with E-state index in [2.05, 4.69) is 37.9 Å². The van der Waals surface area contributed by atoms with Gasteiger partial charge in [-0.25, -0.2) is 0 Å². The highest BCUT2D eigenvalue weighted by Crippen LogP contribution is 2.29. The smallest absolute Gasteiger partial charge is 0.234 e. The van der Waals surface area contributed by atoms with Gasteiger partial charge in [0.25, 0.3) is 0 Å². The van der Waals surface area contributed by atoms with Crippen LogP contribution in [-0.4, -0.2) is 43.7 Å². The van der Waals surface area contributed by atoms with E-state index in [-0.39, 0.29) is 11.9 Å². The molecule has 0 heterocycles. The standard InChI is InChI=1S/C20H34N2O3/c1-8-14(3)22(15(4)9-2)13-20(23)21-16(5)18-12-17(24-6)10-11-19(18)25-7/h10-12,14-16H,8-9,13H2,1-7H3,(H,21,23). The lowest BCUT2D eigenvalue weighted by molar-refractivity contribution is -0.124. The van der Waals surface area contributed by atoms with Crippen molar-refractivity contribution in [2.45, 2.75) is 65.6 Å². The predicted octanol–water partition coefficient (Wildman–Crippen LogP) is 3.78. The van der Waals surface area contributed by atoms with Crippen molar-refractivity contribution >= 4 is 5.91 Å². The third-order valence-electron chi connectivity index (χ3n) is 4.92. The molecule has 1 aromatic rings. The number of hydrogen-bond acceptors (Lipinski definition) is 4. The maximum atomic E-state index is 12.6. The lowest BCUT2D eigenvalue weighted by atomic mass is 10.1. The van der Waals surface area contributed by atoms with E-state index < -0.39 is 0 Å². The molecule has 0 bridgehead atoms. The first-order valence-corrected chi connectivity index (χ1v) is 9.14. The second-order valence-corrected chi connectivity index (χ2v) is 6.58. The Bertz CT molecular complexity index is 538. The van der Waals surface area contributed by atoms with Crippen LogP contribution in [0.4, 0.5) is 0 Å². The summed E-state index contributed by atoms with van der Waals surface area (Å²) in [6, 6.07) is 6.22. The SMILES string of the molecule is CCC(C)N(CC(=O)NC(C)c1cc(OC)ccc1OC)C(C)CC. The molecular weight excluding hydrogens is 316 g/mol. The summed E-state index contributed by atoms with van der Waals surface area (Å²) < 4.78 is 10.7. The molecule has 5 nitrogen and oxygen atoms in total. The van der Waals surface area contributed by atoms with Crippen LogP contribution < -0.4 is 14.8 Å². The van der Waals surface area contributed by atoms with Crippen LogP contribution in [0.15, 0.2) is 18.2 Å². The molecule has 0 saturated heterocycles. The van der Waals surface area contributed by atoms with E-state index in [0.717, 1.165) is 29.9 Å². The molecule has 25 heavy (non-hydrogen) atoms. The first-order valence-electron chi connectivity index (χ1n) is 9.14. The van der Waals surface area contributed by atoms with Gasteiger partial charge in [0.1, 0.15) is 11.5 Å². The highest BCUT2D eigenvalue weighted by molar-refractivity contribution is 5.78. The average molecular weight is 351 g/mol. The van der Waals surface area contributed by atoms with E-state index in [0.29, 0.717) is 18.6 Å². The van der Waals surface area contributed by atoms with Gasteiger partial charge in [-0.3, -0.25) is 9.69 Å². The van der Waals surface area contributed by atoms with E-state index in [1.54, 1.807) is 14.2 Å². The number of hydrogen-bond donors (Lipinski definition) is 1. The topological polar surface area (TPSA) is 50.8 Å². The number of amides is 1. The van der Waals surface area contributed by atoms with Crippen molar-refractivity contribution in [2.24, 2.45) is 0 Å². The molecule has 0 aliphatic rings. The number of rotatable bonds is 10. The van der Waals surface area contributed by atoms with Crippen molar-refractivity contribution < 1.29 is 14.3 Å². The molecule has 3 unspecified atom stereocenters. The number of methoxy groups -OCH3 is 2. The van der Waals surface area contributed by atoms with Gasteiger partial charge in [0.15, 0.2) is 0 Å². The minimum absolute atomic E-state index is 0.0259. The van der Waals surface area contributed by atoms with Gasteiger partial charge in [-0.1, -0.05) is 13.8 Å². The monoisotopic (exact) mass is 350 g/mol. The highest BCUT2D eigenvalue weighted by atomic mass is 16.5. The largest absolute Gasteiger partial charge is 0.497 e. The molecule has 1 aromatic carbocycles. The van der Waals surface area contributed by atoms with Crippen LogP contribution in [0.5, 0.6) is 11.5 Å². The lowest BCUT2D eigenvalue weighted by Gasteiger charge is -2.33. The lowest BCUT2D eigenvalue weighted by Crippen LogP contribution is -2.46. The quantitative estimate of drug-likeness (QED) is 0.698. The third kappa shape index (κ3) is 5.92. The summed E-state index contributed by atoms with van der Waals surface area (Å²) in [5.74, 6) is 1.52. The summed E-state index contributed by atoms with van der Waals surface area (Å²) in [5, 5.41) is 3.09. The Hall–Kier alpha value is -1.75. The van der Waals surface area contributed by atoms with E-state index >= 15 is 0 Å². The molecule has 0 aliphatic heterocycles. The maximum absolute atomic E-state index is 12.6. The molecule has 0 fully saturated rings. The van der Waals surface area contributed by atoms with E-state index in [1.807, 2.05) is 25.1 Å². The molecule has 0 radical (unpaired) electrons. The molecule has 1 rings (SSSR count). The Morgan fingerprint density at radius 1 is 1.08 bits per heavy atom.